The normalized spacial score (nSPS) is 11.5. The van der Waals surface area contributed by atoms with E-state index in [9.17, 15) is 0 Å². The first-order valence-electron chi connectivity index (χ1n) is 14.1. The molecule has 7 aromatic carbocycles. The van der Waals surface area contributed by atoms with Gasteiger partial charge in [-0.25, -0.2) is 0 Å². The third-order valence-electron chi connectivity index (χ3n) is 8.63. The lowest BCUT2D eigenvalue weighted by molar-refractivity contribution is 1.64. The van der Waals surface area contributed by atoms with Gasteiger partial charge in [-0.1, -0.05) is 113 Å². The Morgan fingerprint density at radius 3 is 1.30 bits per heavy atom. The zero-order chi connectivity index (χ0) is 30.9. The maximum absolute atomic E-state index is 6.86. The van der Waals surface area contributed by atoms with Crippen molar-refractivity contribution in [2.24, 2.45) is 0 Å². The summed E-state index contributed by atoms with van der Waals surface area (Å²) in [5, 5.41) is 4.68. The maximum Gasteiger partial charge on any atom is 0.113 e. The Bertz CT molecular complexity index is 2220. The highest BCUT2D eigenvalue weighted by atomic mass is 14.2. The monoisotopic (exact) mass is 536 g/mol. The minimum atomic E-state index is 0.190. The van der Waals surface area contributed by atoms with Crippen molar-refractivity contribution in [2.75, 3.05) is 0 Å². The Hall–Kier alpha value is -4.16. The van der Waals surface area contributed by atoms with Crippen molar-refractivity contribution in [1.29, 1.82) is 0 Å². The standard InChI is InChI=1S/C36H16B8/c37-29-25-23(18-9-2-1-3-10-18)26-28(32(40)36(44)34(42)30(26)38)24(27(25)31(39)35(43)33(29)41)20-13-6-12-19(16-20)22-15-7-11-17-8-4-5-14-21(17)22/h1-16H. The van der Waals surface area contributed by atoms with Crippen LogP contribution in [-0.4, -0.2) is 62.8 Å². The zero-order valence-electron chi connectivity index (χ0n) is 23.9. The van der Waals surface area contributed by atoms with Gasteiger partial charge in [0.2, 0.25) is 0 Å². The fourth-order valence-electron chi connectivity index (χ4n) is 6.45. The van der Waals surface area contributed by atoms with Gasteiger partial charge in [-0.3, -0.25) is 0 Å². The van der Waals surface area contributed by atoms with Gasteiger partial charge >= 0.3 is 0 Å². The van der Waals surface area contributed by atoms with Crippen molar-refractivity contribution in [3.8, 4) is 33.4 Å². The van der Waals surface area contributed by atoms with Crippen molar-refractivity contribution in [2.45, 2.75) is 0 Å². The largest absolute Gasteiger partial charge is 0.113 e. The molecule has 7 rings (SSSR count). The molecule has 0 spiro atoms. The highest BCUT2D eigenvalue weighted by molar-refractivity contribution is 6.71. The lowest BCUT2D eigenvalue weighted by atomic mass is 9.59. The molecular formula is C36H16B8. The molecule has 7 aromatic rings. The highest BCUT2D eigenvalue weighted by Crippen LogP contribution is 2.41. The van der Waals surface area contributed by atoms with Crippen molar-refractivity contribution < 1.29 is 0 Å². The first-order valence-corrected chi connectivity index (χ1v) is 14.1. The average molecular weight is 535 g/mol. The van der Waals surface area contributed by atoms with Gasteiger partial charge in [0, 0.05) is 0 Å². The Labute approximate surface area is 268 Å². The molecule has 16 radical (unpaired) electrons. The van der Waals surface area contributed by atoms with Crippen molar-refractivity contribution >= 4 is 139 Å². The first-order chi connectivity index (χ1) is 21.2. The molecule has 0 aliphatic heterocycles. The van der Waals surface area contributed by atoms with E-state index in [0.717, 1.165) is 33.0 Å². The average Bonchev–Trinajstić information content (AvgIpc) is 3.06. The van der Waals surface area contributed by atoms with Crippen LogP contribution in [0.25, 0.3) is 65.7 Å². The van der Waals surface area contributed by atoms with Crippen LogP contribution in [0.5, 0.6) is 0 Å². The summed E-state index contributed by atoms with van der Waals surface area (Å²) < 4.78 is 0. The van der Waals surface area contributed by atoms with Gasteiger partial charge in [0.05, 0.1) is 0 Å². The van der Waals surface area contributed by atoms with Gasteiger partial charge in [0.1, 0.15) is 62.8 Å². The molecule has 0 aromatic heterocycles. The van der Waals surface area contributed by atoms with Crippen LogP contribution in [0.4, 0.5) is 0 Å². The van der Waals surface area contributed by atoms with Crippen LogP contribution in [0.2, 0.25) is 0 Å². The fraction of sp³-hybridized carbons (Fsp3) is 0. The molecule has 0 N–H and O–H groups in total. The van der Waals surface area contributed by atoms with Gasteiger partial charge in [0.15, 0.2) is 0 Å². The summed E-state index contributed by atoms with van der Waals surface area (Å²) in [5.74, 6) is 0. The molecule has 44 heavy (non-hydrogen) atoms. The van der Waals surface area contributed by atoms with E-state index in [2.05, 4.69) is 36.4 Å². The molecule has 0 unspecified atom stereocenters. The molecule has 8 heteroatoms. The van der Waals surface area contributed by atoms with E-state index in [1.165, 1.54) is 0 Å². The van der Waals surface area contributed by atoms with Crippen LogP contribution in [0.3, 0.4) is 0 Å². The van der Waals surface area contributed by atoms with E-state index in [1.807, 2.05) is 60.7 Å². The van der Waals surface area contributed by atoms with Crippen LogP contribution in [-0.2, 0) is 0 Å². The van der Waals surface area contributed by atoms with Crippen LogP contribution in [0.15, 0.2) is 97.1 Å². The lowest BCUT2D eigenvalue weighted by Gasteiger charge is -2.28. The lowest BCUT2D eigenvalue weighted by Crippen LogP contribution is -2.50. The van der Waals surface area contributed by atoms with Crippen molar-refractivity contribution in [3.63, 3.8) is 0 Å². The Kier molecular flexibility index (Phi) is 7.00. The second-order valence-corrected chi connectivity index (χ2v) is 11.0. The Morgan fingerprint density at radius 2 is 0.727 bits per heavy atom. The highest BCUT2D eigenvalue weighted by Gasteiger charge is 2.24. The number of rotatable bonds is 3. The summed E-state index contributed by atoms with van der Waals surface area (Å²) in [5.41, 5.74) is 6.98. The predicted molar refractivity (Wildman–Crippen MR) is 198 cm³/mol. The van der Waals surface area contributed by atoms with Crippen LogP contribution in [0, 0.1) is 0 Å². The van der Waals surface area contributed by atoms with Gasteiger partial charge in [-0.05, 0) is 71.8 Å². The summed E-state index contributed by atoms with van der Waals surface area (Å²) >= 11 is 0. The molecule has 0 fully saturated rings. The summed E-state index contributed by atoms with van der Waals surface area (Å²) in [6.07, 6.45) is 0. The predicted octanol–water partition coefficient (Wildman–Crippen LogP) is 0.498. The number of benzene rings is 7. The zero-order valence-corrected chi connectivity index (χ0v) is 23.9. The molecule has 0 saturated carbocycles. The summed E-state index contributed by atoms with van der Waals surface area (Å²) in [4.78, 5) is 0. The minimum Gasteiger partial charge on any atom is -0.110 e. The number of fused-ring (bicyclic) bond motifs is 3. The molecule has 0 aliphatic carbocycles. The topological polar surface area (TPSA) is 0 Å². The smallest absolute Gasteiger partial charge is 0.110 e. The van der Waals surface area contributed by atoms with Crippen molar-refractivity contribution in [1.82, 2.24) is 0 Å². The molecule has 0 amide bonds. The third-order valence-corrected chi connectivity index (χ3v) is 8.63. The maximum atomic E-state index is 6.86. The first kappa shape index (κ1) is 28.6. The van der Waals surface area contributed by atoms with Crippen LogP contribution in [0.1, 0.15) is 0 Å². The summed E-state index contributed by atoms with van der Waals surface area (Å²) in [7, 11) is 53.3. The van der Waals surface area contributed by atoms with Gasteiger partial charge in [-0.15, -0.1) is 21.9 Å². The molecule has 0 saturated heterocycles. The van der Waals surface area contributed by atoms with E-state index < -0.39 is 0 Å². The van der Waals surface area contributed by atoms with E-state index in [0.29, 0.717) is 32.7 Å². The van der Waals surface area contributed by atoms with Crippen LogP contribution >= 0.6 is 0 Å². The quantitative estimate of drug-likeness (QED) is 0.229. The van der Waals surface area contributed by atoms with E-state index in [-0.39, 0.29) is 43.7 Å². The van der Waals surface area contributed by atoms with Gasteiger partial charge in [0.25, 0.3) is 0 Å². The van der Waals surface area contributed by atoms with E-state index in [1.54, 1.807) is 0 Å². The van der Waals surface area contributed by atoms with E-state index in [4.69, 9.17) is 62.8 Å². The molecule has 0 heterocycles. The minimum absolute atomic E-state index is 0.190. The van der Waals surface area contributed by atoms with Crippen molar-refractivity contribution in [3.05, 3.63) is 97.1 Å². The molecule has 0 aliphatic rings. The summed E-state index contributed by atoms with van der Waals surface area (Å²) in [6.45, 7) is 0. The SMILES string of the molecule is [B]c1c([B])c([B])c2c(-c3cccc(-c4cccc5ccccc45)c3)c3c([B])c([B])c([B])c([B])c3c(-c3ccccc3)c2c1[B]. The molecule has 0 bridgehead atoms. The third kappa shape index (κ3) is 4.18. The molecule has 0 nitrogen and oxygen atoms in total. The Morgan fingerprint density at radius 1 is 0.318 bits per heavy atom. The molecule has 0 atom stereocenters. The summed E-state index contributed by atoms with van der Waals surface area (Å²) in [6, 6.07) is 32.4. The molecular weight excluding hydrogens is 519 g/mol. The van der Waals surface area contributed by atoms with Gasteiger partial charge < -0.3 is 0 Å². The van der Waals surface area contributed by atoms with Gasteiger partial charge in [-0.2, -0.15) is 0 Å². The second kappa shape index (κ2) is 10.8. The second-order valence-electron chi connectivity index (χ2n) is 11.0. The number of hydrogen-bond acceptors (Lipinski definition) is 0. The molecule has 184 valence electrons. The number of hydrogen-bond donors (Lipinski definition) is 0. The van der Waals surface area contributed by atoms with Crippen LogP contribution < -0.4 is 43.7 Å². The Balaban J connectivity index is 1.73. The fourth-order valence-corrected chi connectivity index (χ4v) is 6.45. The van der Waals surface area contributed by atoms with E-state index >= 15 is 0 Å².